The molecule has 1 aromatic heterocycles. The Labute approximate surface area is 180 Å². The van der Waals surface area contributed by atoms with Crippen LogP contribution in [0.5, 0.6) is 0 Å². The van der Waals surface area contributed by atoms with Crippen molar-refractivity contribution in [3.63, 3.8) is 0 Å². The number of urea groups is 1. The van der Waals surface area contributed by atoms with E-state index in [1.807, 2.05) is 10.6 Å². The van der Waals surface area contributed by atoms with Crippen molar-refractivity contribution in [2.24, 2.45) is 5.92 Å². The molecule has 31 heavy (non-hydrogen) atoms. The third kappa shape index (κ3) is 4.22. The summed E-state index contributed by atoms with van der Waals surface area (Å²) in [5.41, 5.74) is 2.38. The Morgan fingerprint density at radius 2 is 1.97 bits per heavy atom. The predicted octanol–water partition coefficient (Wildman–Crippen LogP) is 2.47. The number of piperidine rings is 1. The van der Waals surface area contributed by atoms with Gasteiger partial charge in [-0.25, -0.2) is 9.18 Å². The van der Waals surface area contributed by atoms with E-state index in [-0.39, 0.29) is 29.2 Å². The molecular weight excluding hydrogens is 399 g/mol. The lowest BCUT2D eigenvalue weighted by Gasteiger charge is -2.42. The number of carbonyl (C=O) groups excluding carboxylic acids is 1. The molecule has 1 aromatic carbocycles. The van der Waals surface area contributed by atoms with Gasteiger partial charge in [0.1, 0.15) is 5.82 Å². The number of pyridine rings is 1. The van der Waals surface area contributed by atoms with E-state index in [1.54, 1.807) is 17.0 Å². The SMILES string of the molecule is O=C(Nc1cccc(F)c1)N1C[C@@H]2C[C@H](C1)c1ccc(CN3CCOCC3)c(=O)n1C2. The van der Waals surface area contributed by atoms with Crippen molar-refractivity contribution in [3.8, 4) is 0 Å². The first-order chi connectivity index (χ1) is 15.1. The van der Waals surface area contributed by atoms with E-state index in [9.17, 15) is 14.0 Å². The Bertz CT molecular complexity index is 1030. The number of morpholine rings is 1. The largest absolute Gasteiger partial charge is 0.379 e. The van der Waals surface area contributed by atoms with Gasteiger partial charge in [-0.05, 0) is 36.6 Å². The maximum atomic E-state index is 13.4. The normalized spacial score (nSPS) is 23.3. The zero-order valence-corrected chi connectivity index (χ0v) is 17.4. The Balaban J connectivity index is 1.31. The van der Waals surface area contributed by atoms with Crippen molar-refractivity contribution < 1.29 is 13.9 Å². The fraction of sp³-hybridized carbons (Fsp3) is 0.478. The number of aromatic nitrogens is 1. The average molecular weight is 426 g/mol. The molecular formula is C23H27FN4O3. The van der Waals surface area contributed by atoms with Crippen molar-refractivity contribution in [2.45, 2.75) is 25.4 Å². The highest BCUT2D eigenvalue weighted by atomic mass is 19.1. The molecule has 7 nitrogen and oxygen atoms in total. The van der Waals surface area contributed by atoms with Crippen LogP contribution in [0, 0.1) is 11.7 Å². The summed E-state index contributed by atoms with van der Waals surface area (Å²) in [7, 11) is 0. The van der Waals surface area contributed by atoms with Crippen LogP contribution in [-0.4, -0.2) is 59.8 Å². The quantitative estimate of drug-likeness (QED) is 0.819. The summed E-state index contributed by atoms with van der Waals surface area (Å²) >= 11 is 0. The van der Waals surface area contributed by atoms with E-state index in [0.717, 1.165) is 30.8 Å². The number of likely N-dealkylation sites (tertiary alicyclic amines) is 1. The number of fused-ring (bicyclic) bond motifs is 4. The molecule has 3 aliphatic heterocycles. The van der Waals surface area contributed by atoms with Crippen LogP contribution in [0.3, 0.4) is 0 Å². The summed E-state index contributed by atoms with van der Waals surface area (Å²) < 4.78 is 20.8. The van der Waals surface area contributed by atoms with Crippen molar-refractivity contribution >= 4 is 11.7 Å². The van der Waals surface area contributed by atoms with Gasteiger partial charge in [-0.2, -0.15) is 0 Å². The van der Waals surface area contributed by atoms with Gasteiger partial charge in [-0.1, -0.05) is 12.1 Å². The maximum Gasteiger partial charge on any atom is 0.321 e. The molecule has 0 aliphatic carbocycles. The highest BCUT2D eigenvalue weighted by Crippen LogP contribution is 2.35. The molecule has 2 aromatic rings. The third-order valence-electron chi connectivity index (χ3n) is 6.54. The summed E-state index contributed by atoms with van der Waals surface area (Å²) in [5, 5.41) is 2.79. The Morgan fingerprint density at radius 3 is 2.77 bits per heavy atom. The molecule has 164 valence electrons. The topological polar surface area (TPSA) is 66.8 Å². The van der Waals surface area contributed by atoms with E-state index >= 15 is 0 Å². The minimum absolute atomic E-state index is 0.0938. The molecule has 1 N–H and O–H groups in total. The smallest absolute Gasteiger partial charge is 0.321 e. The number of nitrogens with one attached hydrogen (secondary N) is 1. The van der Waals surface area contributed by atoms with E-state index in [0.29, 0.717) is 45.1 Å². The number of carbonyl (C=O) groups is 1. The number of anilines is 1. The van der Waals surface area contributed by atoms with Gasteiger partial charge in [0.15, 0.2) is 0 Å². The molecule has 5 rings (SSSR count). The van der Waals surface area contributed by atoms with Crippen LogP contribution >= 0.6 is 0 Å². The summed E-state index contributed by atoms with van der Waals surface area (Å²) in [6.45, 7) is 5.56. The second kappa shape index (κ2) is 8.43. The van der Waals surface area contributed by atoms with Crippen molar-refractivity contribution in [2.75, 3.05) is 44.7 Å². The van der Waals surface area contributed by atoms with E-state index < -0.39 is 0 Å². The number of ether oxygens (including phenoxy) is 1. The predicted molar refractivity (Wildman–Crippen MR) is 115 cm³/mol. The lowest BCUT2D eigenvalue weighted by atomic mass is 9.83. The molecule has 2 bridgehead atoms. The molecule has 8 heteroatoms. The molecule has 3 aliphatic rings. The molecule has 2 amide bonds. The average Bonchev–Trinajstić information content (AvgIpc) is 2.77. The van der Waals surface area contributed by atoms with Crippen LogP contribution in [0.25, 0.3) is 0 Å². The number of benzene rings is 1. The highest BCUT2D eigenvalue weighted by molar-refractivity contribution is 5.89. The molecule has 0 saturated carbocycles. The molecule has 4 heterocycles. The standard InChI is InChI=1S/C23H27FN4O3/c24-19-2-1-3-20(11-19)25-23(30)27-12-16-10-18(15-27)21-5-4-17(22(29)28(21)13-16)14-26-6-8-31-9-7-26/h1-5,11,16,18H,6-10,12-15H2,(H,25,30)/t16-,18+/m0/s1. The van der Waals surface area contributed by atoms with Crippen LogP contribution in [0.2, 0.25) is 0 Å². The van der Waals surface area contributed by atoms with Crippen molar-refractivity contribution in [1.29, 1.82) is 0 Å². The zero-order chi connectivity index (χ0) is 21.4. The summed E-state index contributed by atoms with van der Waals surface area (Å²) in [4.78, 5) is 30.0. The number of halogens is 1. The second-order valence-corrected chi connectivity index (χ2v) is 8.73. The number of hydrogen-bond donors (Lipinski definition) is 1. The Kier molecular flexibility index (Phi) is 5.50. The summed E-state index contributed by atoms with van der Waals surface area (Å²) in [6.07, 6.45) is 0.978. The van der Waals surface area contributed by atoms with Gasteiger partial charge in [0, 0.05) is 62.1 Å². The van der Waals surface area contributed by atoms with E-state index in [2.05, 4.69) is 16.3 Å². The first kappa shape index (κ1) is 20.2. The van der Waals surface area contributed by atoms with Gasteiger partial charge < -0.3 is 19.5 Å². The second-order valence-electron chi connectivity index (χ2n) is 8.73. The fourth-order valence-electron chi connectivity index (χ4n) is 5.05. The fourth-order valence-corrected chi connectivity index (χ4v) is 5.05. The van der Waals surface area contributed by atoms with Gasteiger partial charge in [0.2, 0.25) is 0 Å². The molecule has 0 unspecified atom stereocenters. The van der Waals surface area contributed by atoms with E-state index in [1.165, 1.54) is 12.1 Å². The van der Waals surface area contributed by atoms with Crippen LogP contribution in [0.15, 0.2) is 41.2 Å². The lowest BCUT2D eigenvalue weighted by Crippen LogP contribution is -2.50. The minimum Gasteiger partial charge on any atom is -0.379 e. The number of rotatable bonds is 3. The lowest BCUT2D eigenvalue weighted by molar-refractivity contribution is 0.0339. The van der Waals surface area contributed by atoms with Crippen LogP contribution in [-0.2, 0) is 17.8 Å². The summed E-state index contributed by atoms with van der Waals surface area (Å²) in [5.74, 6) is -0.00811. The number of hydrogen-bond acceptors (Lipinski definition) is 4. The first-order valence-corrected chi connectivity index (χ1v) is 10.9. The number of nitrogens with zero attached hydrogens (tertiary/aromatic N) is 3. The van der Waals surface area contributed by atoms with Gasteiger partial charge >= 0.3 is 6.03 Å². The maximum absolute atomic E-state index is 13.4. The molecule has 2 saturated heterocycles. The molecule has 0 spiro atoms. The van der Waals surface area contributed by atoms with E-state index in [4.69, 9.17) is 4.74 Å². The third-order valence-corrected chi connectivity index (χ3v) is 6.54. The summed E-state index contributed by atoms with van der Waals surface area (Å²) in [6, 6.07) is 9.71. The Hall–Kier alpha value is -2.71. The van der Waals surface area contributed by atoms with Crippen LogP contribution in [0.1, 0.15) is 23.6 Å². The molecule has 0 radical (unpaired) electrons. The minimum atomic E-state index is -0.380. The van der Waals surface area contributed by atoms with Gasteiger partial charge in [-0.3, -0.25) is 9.69 Å². The van der Waals surface area contributed by atoms with Crippen molar-refractivity contribution in [3.05, 3.63) is 63.8 Å². The van der Waals surface area contributed by atoms with Crippen LogP contribution < -0.4 is 10.9 Å². The van der Waals surface area contributed by atoms with Gasteiger partial charge in [0.05, 0.1) is 13.2 Å². The molecule has 2 atom stereocenters. The van der Waals surface area contributed by atoms with Crippen molar-refractivity contribution in [1.82, 2.24) is 14.4 Å². The van der Waals surface area contributed by atoms with Crippen LogP contribution in [0.4, 0.5) is 14.9 Å². The number of amides is 2. The van der Waals surface area contributed by atoms with Gasteiger partial charge in [0.25, 0.3) is 5.56 Å². The monoisotopic (exact) mass is 426 g/mol. The highest BCUT2D eigenvalue weighted by Gasteiger charge is 2.36. The first-order valence-electron chi connectivity index (χ1n) is 10.9. The zero-order valence-electron chi connectivity index (χ0n) is 17.4. The van der Waals surface area contributed by atoms with Gasteiger partial charge in [-0.15, -0.1) is 0 Å². The Morgan fingerprint density at radius 1 is 1.13 bits per heavy atom. The molecule has 2 fully saturated rings.